The van der Waals surface area contributed by atoms with Crippen molar-refractivity contribution < 1.29 is 18.1 Å². The predicted octanol–water partition coefficient (Wildman–Crippen LogP) is 4.19. The molecule has 4 rings (SSSR count). The first kappa shape index (κ1) is 19.7. The maximum Gasteiger partial charge on any atom is 0.311 e. The van der Waals surface area contributed by atoms with Gasteiger partial charge in [0.25, 0.3) is 0 Å². The molecule has 7 nitrogen and oxygen atoms in total. The first-order valence-corrected chi connectivity index (χ1v) is 11.4. The van der Waals surface area contributed by atoms with E-state index in [1.807, 2.05) is 24.3 Å². The van der Waals surface area contributed by atoms with Gasteiger partial charge in [-0.05, 0) is 23.1 Å². The minimum Gasteiger partial charge on any atom is -0.490 e. The van der Waals surface area contributed by atoms with Gasteiger partial charge in [-0.25, -0.2) is 8.42 Å². The van der Waals surface area contributed by atoms with E-state index in [4.69, 9.17) is 4.74 Å². The van der Waals surface area contributed by atoms with Crippen LogP contribution < -0.4 is 4.74 Å². The summed E-state index contributed by atoms with van der Waals surface area (Å²) in [7, 11) is -2.44. The highest BCUT2D eigenvalue weighted by Gasteiger charge is 2.38. The molecule has 1 heterocycles. The van der Waals surface area contributed by atoms with Gasteiger partial charge in [0.1, 0.15) is 0 Å². The molecule has 0 aromatic heterocycles. The van der Waals surface area contributed by atoms with Crippen LogP contribution >= 0.6 is 11.8 Å². The molecule has 0 N–H and O–H groups in total. The second-order valence-electron chi connectivity index (χ2n) is 6.50. The quantitative estimate of drug-likeness (QED) is 0.445. The Morgan fingerprint density at radius 2 is 1.90 bits per heavy atom. The number of hydrogen-bond acceptors (Lipinski definition) is 6. The van der Waals surface area contributed by atoms with Crippen molar-refractivity contribution in [3.8, 4) is 5.75 Å². The van der Waals surface area contributed by atoms with Gasteiger partial charge in [-0.15, -0.1) is 11.8 Å². The fraction of sp³-hybridized carbons (Fsp3) is 0.200. The molecule has 0 radical (unpaired) electrons. The lowest BCUT2D eigenvalue weighted by molar-refractivity contribution is -0.385. The summed E-state index contributed by atoms with van der Waals surface area (Å²) in [6.07, 6.45) is 0. The summed E-state index contributed by atoms with van der Waals surface area (Å²) >= 11 is 1.45. The molecule has 3 aromatic carbocycles. The molecule has 1 atom stereocenters. The monoisotopic (exact) mass is 430 g/mol. The molecule has 29 heavy (non-hydrogen) atoms. The second-order valence-corrected chi connectivity index (χ2v) is 9.55. The molecular weight excluding hydrogens is 412 g/mol. The third kappa shape index (κ3) is 3.45. The van der Waals surface area contributed by atoms with Gasteiger partial charge in [-0.3, -0.25) is 10.1 Å². The molecule has 0 amide bonds. The largest absolute Gasteiger partial charge is 0.490 e. The molecule has 1 unspecified atom stereocenters. The van der Waals surface area contributed by atoms with E-state index in [1.165, 1.54) is 35.3 Å². The van der Waals surface area contributed by atoms with Crippen molar-refractivity contribution in [1.82, 2.24) is 4.31 Å². The minimum absolute atomic E-state index is 0.144. The fourth-order valence-electron chi connectivity index (χ4n) is 3.51. The fourth-order valence-corrected chi connectivity index (χ4v) is 6.96. The molecule has 1 aliphatic rings. The number of sulfonamides is 1. The van der Waals surface area contributed by atoms with Crippen LogP contribution in [0.4, 0.5) is 5.69 Å². The van der Waals surface area contributed by atoms with Crippen LogP contribution in [-0.2, 0) is 10.0 Å². The molecule has 0 aliphatic carbocycles. The Balaban J connectivity index is 1.79. The molecule has 3 aromatic rings. The maximum atomic E-state index is 13.5. The second kappa shape index (κ2) is 7.66. The standard InChI is InChI=1S/C20H18N2O5S2/c1-27-18-10-9-15(13-17(18)22(23)24)20-21(11-12-28-20)29(25,26)19-8-4-6-14-5-2-3-7-16(14)19/h2-10,13,20H,11-12H2,1H3. The number of rotatable bonds is 5. The Kier molecular flexibility index (Phi) is 5.20. The van der Waals surface area contributed by atoms with Gasteiger partial charge in [0.05, 0.1) is 22.3 Å². The van der Waals surface area contributed by atoms with Crippen molar-refractivity contribution >= 4 is 38.2 Å². The van der Waals surface area contributed by atoms with E-state index >= 15 is 0 Å². The Bertz CT molecular complexity index is 1190. The number of ether oxygens (including phenoxy) is 1. The minimum atomic E-state index is -3.80. The Morgan fingerprint density at radius 3 is 2.66 bits per heavy atom. The summed E-state index contributed by atoms with van der Waals surface area (Å²) in [5, 5.41) is 12.3. The van der Waals surface area contributed by atoms with E-state index in [9.17, 15) is 18.5 Å². The molecule has 1 aliphatic heterocycles. The SMILES string of the molecule is COc1ccc(C2SCCN2S(=O)(=O)c2cccc3ccccc23)cc1[N+](=O)[O-]. The van der Waals surface area contributed by atoms with Crippen LogP contribution in [0.1, 0.15) is 10.9 Å². The van der Waals surface area contributed by atoms with Gasteiger partial charge in [0, 0.05) is 23.8 Å². The van der Waals surface area contributed by atoms with Crippen LogP contribution in [0.2, 0.25) is 0 Å². The van der Waals surface area contributed by atoms with Crippen LogP contribution in [0.25, 0.3) is 10.8 Å². The summed E-state index contributed by atoms with van der Waals surface area (Å²) in [6.45, 7) is 0.334. The van der Waals surface area contributed by atoms with Gasteiger partial charge < -0.3 is 4.74 Å². The van der Waals surface area contributed by atoms with Gasteiger partial charge in [-0.2, -0.15) is 4.31 Å². The first-order valence-electron chi connectivity index (χ1n) is 8.87. The Labute approximate surface area is 172 Å². The number of nitrogens with zero attached hydrogens (tertiary/aromatic N) is 2. The van der Waals surface area contributed by atoms with Crippen LogP contribution in [0, 0.1) is 10.1 Å². The van der Waals surface area contributed by atoms with Crippen molar-refractivity contribution in [2.75, 3.05) is 19.4 Å². The number of benzene rings is 3. The number of thioether (sulfide) groups is 1. The van der Waals surface area contributed by atoms with Crippen molar-refractivity contribution in [3.63, 3.8) is 0 Å². The van der Waals surface area contributed by atoms with E-state index in [0.29, 0.717) is 23.2 Å². The van der Waals surface area contributed by atoms with Gasteiger partial charge >= 0.3 is 5.69 Å². The van der Waals surface area contributed by atoms with E-state index in [1.54, 1.807) is 24.3 Å². The lowest BCUT2D eigenvalue weighted by atomic mass is 10.1. The average molecular weight is 431 g/mol. The normalized spacial score (nSPS) is 17.5. The highest BCUT2D eigenvalue weighted by Crippen LogP contribution is 2.44. The van der Waals surface area contributed by atoms with Crippen molar-refractivity contribution in [1.29, 1.82) is 0 Å². The average Bonchev–Trinajstić information content (AvgIpc) is 3.23. The number of hydrogen-bond donors (Lipinski definition) is 0. The van der Waals surface area contributed by atoms with Crippen molar-refractivity contribution in [3.05, 3.63) is 76.3 Å². The van der Waals surface area contributed by atoms with E-state index in [-0.39, 0.29) is 16.3 Å². The molecule has 1 fully saturated rings. The molecule has 1 saturated heterocycles. The van der Waals surface area contributed by atoms with Gasteiger partial charge in [-0.1, -0.05) is 42.5 Å². The highest BCUT2D eigenvalue weighted by atomic mass is 32.2. The Morgan fingerprint density at radius 1 is 1.14 bits per heavy atom. The van der Waals surface area contributed by atoms with Gasteiger partial charge in [0.15, 0.2) is 5.75 Å². The van der Waals surface area contributed by atoms with E-state index in [2.05, 4.69) is 0 Å². The maximum absolute atomic E-state index is 13.5. The molecule has 0 saturated carbocycles. The molecule has 9 heteroatoms. The van der Waals surface area contributed by atoms with Crippen LogP contribution in [0.5, 0.6) is 5.75 Å². The zero-order valence-corrected chi connectivity index (χ0v) is 17.2. The number of fused-ring (bicyclic) bond motifs is 1. The molecule has 0 spiro atoms. The number of nitro benzene ring substituents is 1. The summed E-state index contributed by atoms with van der Waals surface area (Å²) in [5.41, 5.74) is 0.379. The summed E-state index contributed by atoms with van der Waals surface area (Å²) in [5.74, 6) is 0.749. The summed E-state index contributed by atoms with van der Waals surface area (Å²) < 4.78 is 33.5. The smallest absolute Gasteiger partial charge is 0.311 e. The summed E-state index contributed by atoms with van der Waals surface area (Å²) in [6, 6.07) is 17.1. The third-order valence-corrected chi connectivity index (χ3v) is 8.19. The van der Waals surface area contributed by atoms with Crippen molar-refractivity contribution in [2.24, 2.45) is 0 Å². The first-order chi connectivity index (χ1) is 13.9. The van der Waals surface area contributed by atoms with E-state index < -0.39 is 20.3 Å². The zero-order valence-electron chi connectivity index (χ0n) is 15.5. The van der Waals surface area contributed by atoms with E-state index in [0.717, 1.165) is 5.39 Å². The van der Waals surface area contributed by atoms with Gasteiger partial charge in [0.2, 0.25) is 10.0 Å². The van der Waals surface area contributed by atoms with Crippen LogP contribution in [0.15, 0.2) is 65.6 Å². The number of methoxy groups -OCH3 is 1. The Hall–Kier alpha value is -2.62. The highest BCUT2D eigenvalue weighted by molar-refractivity contribution is 8.01. The topological polar surface area (TPSA) is 89.8 Å². The lowest BCUT2D eigenvalue weighted by Gasteiger charge is -2.24. The van der Waals surface area contributed by atoms with Crippen LogP contribution in [0.3, 0.4) is 0 Å². The lowest BCUT2D eigenvalue weighted by Crippen LogP contribution is -2.30. The third-order valence-electron chi connectivity index (χ3n) is 4.87. The molecular formula is C20H18N2O5S2. The van der Waals surface area contributed by atoms with Crippen LogP contribution in [-0.4, -0.2) is 37.1 Å². The van der Waals surface area contributed by atoms with Crippen molar-refractivity contribution in [2.45, 2.75) is 10.3 Å². The zero-order chi connectivity index (χ0) is 20.6. The summed E-state index contributed by atoms with van der Waals surface area (Å²) in [4.78, 5) is 11.1. The predicted molar refractivity (Wildman–Crippen MR) is 113 cm³/mol. The molecule has 150 valence electrons. The molecule has 0 bridgehead atoms. The number of nitro groups is 1.